The number of amides is 2. The van der Waals surface area contributed by atoms with E-state index in [1.807, 2.05) is 31.4 Å². The van der Waals surface area contributed by atoms with E-state index in [-0.39, 0.29) is 18.2 Å². The minimum absolute atomic E-state index is 0.121. The van der Waals surface area contributed by atoms with Gasteiger partial charge in [0.05, 0.1) is 25.3 Å². The smallest absolute Gasteiger partial charge is 0.337 e. The first-order chi connectivity index (χ1) is 15.9. The highest BCUT2D eigenvalue weighted by Gasteiger charge is 2.24. The minimum atomic E-state index is -0.720. The molecule has 0 unspecified atom stereocenters. The molecular weight excluding hydrogens is 442 g/mol. The number of thiophene rings is 1. The number of carbonyl (C=O) groups is 3. The fourth-order valence-corrected chi connectivity index (χ4v) is 3.76. The van der Waals surface area contributed by atoms with Gasteiger partial charge in [-0.05, 0) is 41.6 Å². The van der Waals surface area contributed by atoms with Crippen molar-refractivity contribution in [3.05, 3.63) is 70.1 Å². The van der Waals surface area contributed by atoms with E-state index in [2.05, 4.69) is 15.8 Å². The summed E-state index contributed by atoms with van der Waals surface area (Å²) in [6.45, 7) is 3.70. The predicted octanol–water partition coefficient (Wildman–Crippen LogP) is 3.63. The Morgan fingerprint density at radius 1 is 1.15 bits per heavy atom. The van der Waals surface area contributed by atoms with Gasteiger partial charge in [0.1, 0.15) is 17.6 Å². The van der Waals surface area contributed by atoms with Crippen LogP contribution in [0, 0.1) is 5.92 Å². The number of hydrogen-bond acceptors (Lipinski definition) is 7. The van der Waals surface area contributed by atoms with Gasteiger partial charge in [-0.3, -0.25) is 9.59 Å². The lowest BCUT2D eigenvalue weighted by molar-refractivity contribution is -0.129. The lowest BCUT2D eigenvalue weighted by atomic mass is 10.0. The molecular formula is C24H25N3O5S. The first-order valence-electron chi connectivity index (χ1n) is 10.3. The van der Waals surface area contributed by atoms with E-state index in [0.29, 0.717) is 22.6 Å². The third kappa shape index (κ3) is 6.63. The number of esters is 1. The Kier molecular flexibility index (Phi) is 8.15. The Labute approximate surface area is 195 Å². The van der Waals surface area contributed by atoms with E-state index in [4.69, 9.17) is 9.15 Å². The van der Waals surface area contributed by atoms with E-state index in [1.165, 1.54) is 24.7 Å². The Morgan fingerprint density at radius 2 is 1.97 bits per heavy atom. The number of nitrogens with zero attached hydrogens (tertiary/aromatic N) is 1. The summed E-state index contributed by atoms with van der Waals surface area (Å²) in [6.07, 6.45) is 1.60. The van der Waals surface area contributed by atoms with E-state index in [9.17, 15) is 14.4 Å². The standard InChI is InChI=1S/C24H25N3O5S/c1-15(2)22(26-21(28)13-19-8-5-11-33-19)23(29)27-25-14-18-9-10-20(32-18)16-6-4-7-17(12-16)24(30)31-3/h4-12,14-15,22H,13H2,1-3H3,(H,26,28)(H,27,29)/b25-14+/t22-/m0/s1. The first-order valence-corrected chi connectivity index (χ1v) is 11.2. The number of methoxy groups -OCH3 is 1. The molecule has 0 bridgehead atoms. The fourth-order valence-electron chi connectivity index (χ4n) is 3.05. The number of hydrogen-bond donors (Lipinski definition) is 2. The molecule has 33 heavy (non-hydrogen) atoms. The van der Waals surface area contributed by atoms with Crippen LogP contribution in [0.5, 0.6) is 0 Å². The molecule has 0 radical (unpaired) electrons. The average molecular weight is 468 g/mol. The molecule has 2 N–H and O–H groups in total. The summed E-state index contributed by atoms with van der Waals surface area (Å²) < 4.78 is 10.5. The second-order valence-corrected chi connectivity index (χ2v) is 8.59. The molecule has 0 fully saturated rings. The van der Waals surface area contributed by atoms with Crippen molar-refractivity contribution in [2.45, 2.75) is 26.3 Å². The third-order valence-corrected chi connectivity index (χ3v) is 5.62. The maximum Gasteiger partial charge on any atom is 0.337 e. The SMILES string of the molecule is COC(=O)c1cccc(-c2ccc(/C=N/NC(=O)[C@@H](NC(=O)Cc3cccs3)C(C)C)o2)c1. The van der Waals surface area contributed by atoms with Crippen LogP contribution < -0.4 is 10.7 Å². The number of furan rings is 1. The van der Waals surface area contributed by atoms with Gasteiger partial charge in [0.2, 0.25) is 5.91 Å². The van der Waals surface area contributed by atoms with Crippen molar-refractivity contribution in [3.8, 4) is 11.3 Å². The van der Waals surface area contributed by atoms with E-state index in [1.54, 1.807) is 36.4 Å². The van der Waals surface area contributed by atoms with Gasteiger partial charge < -0.3 is 14.5 Å². The second kappa shape index (κ2) is 11.2. The van der Waals surface area contributed by atoms with Crippen molar-refractivity contribution in [2.75, 3.05) is 7.11 Å². The molecule has 0 aliphatic rings. The molecule has 0 spiro atoms. The highest BCUT2D eigenvalue weighted by molar-refractivity contribution is 7.10. The van der Waals surface area contributed by atoms with Crippen LogP contribution in [0.3, 0.4) is 0 Å². The predicted molar refractivity (Wildman–Crippen MR) is 126 cm³/mol. The maximum absolute atomic E-state index is 12.6. The van der Waals surface area contributed by atoms with E-state index >= 15 is 0 Å². The second-order valence-electron chi connectivity index (χ2n) is 7.55. The van der Waals surface area contributed by atoms with Crippen LogP contribution in [0.2, 0.25) is 0 Å². The van der Waals surface area contributed by atoms with Crippen molar-refractivity contribution in [1.82, 2.24) is 10.7 Å². The van der Waals surface area contributed by atoms with E-state index in [0.717, 1.165) is 4.88 Å². The van der Waals surface area contributed by atoms with Crippen LogP contribution in [0.15, 0.2) is 63.4 Å². The maximum atomic E-state index is 12.6. The summed E-state index contributed by atoms with van der Waals surface area (Å²) in [5.74, 6) is -0.246. The zero-order valence-electron chi connectivity index (χ0n) is 18.5. The summed E-state index contributed by atoms with van der Waals surface area (Å²) in [5, 5.41) is 8.62. The van der Waals surface area contributed by atoms with Gasteiger partial charge in [-0.2, -0.15) is 5.10 Å². The molecule has 0 aliphatic heterocycles. The number of benzene rings is 1. The lowest BCUT2D eigenvalue weighted by Gasteiger charge is -2.20. The highest BCUT2D eigenvalue weighted by atomic mass is 32.1. The number of rotatable bonds is 9. The Bertz CT molecular complexity index is 1130. The van der Waals surface area contributed by atoms with Crippen LogP contribution in [0.1, 0.15) is 34.8 Å². The van der Waals surface area contributed by atoms with Crippen molar-refractivity contribution in [3.63, 3.8) is 0 Å². The number of ether oxygens (including phenoxy) is 1. The zero-order chi connectivity index (χ0) is 23.8. The molecule has 0 aliphatic carbocycles. The Hall–Kier alpha value is -3.72. The van der Waals surface area contributed by atoms with Gasteiger partial charge in [-0.1, -0.05) is 32.0 Å². The van der Waals surface area contributed by atoms with Gasteiger partial charge in [0.15, 0.2) is 0 Å². The molecule has 2 amide bonds. The molecule has 3 aromatic rings. The summed E-state index contributed by atoms with van der Waals surface area (Å²) in [7, 11) is 1.32. The highest BCUT2D eigenvalue weighted by Crippen LogP contribution is 2.23. The molecule has 9 heteroatoms. The molecule has 3 rings (SSSR count). The van der Waals surface area contributed by atoms with E-state index < -0.39 is 17.9 Å². The number of carbonyl (C=O) groups excluding carboxylic acids is 3. The van der Waals surface area contributed by atoms with Gasteiger partial charge in [-0.25, -0.2) is 10.2 Å². The third-order valence-electron chi connectivity index (χ3n) is 4.74. The summed E-state index contributed by atoms with van der Waals surface area (Å²) in [5.41, 5.74) is 3.57. The van der Waals surface area contributed by atoms with Crippen LogP contribution in [0.4, 0.5) is 0 Å². The molecule has 172 valence electrons. The van der Waals surface area contributed by atoms with Crippen molar-refractivity contribution >= 4 is 35.3 Å². The molecule has 0 saturated carbocycles. The molecule has 0 saturated heterocycles. The van der Waals surface area contributed by atoms with Crippen LogP contribution >= 0.6 is 11.3 Å². The summed E-state index contributed by atoms with van der Waals surface area (Å²) >= 11 is 1.49. The largest absolute Gasteiger partial charge is 0.465 e. The summed E-state index contributed by atoms with van der Waals surface area (Å²) in [4.78, 5) is 37.5. The quantitative estimate of drug-likeness (QED) is 0.284. The molecule has 1 aromatic carbocycles. The van der Waals surface area contributed by atoms with Gasteiger partial charge >= 0.3 is 5.97 Å². The van der Waals surface area contributed by atoms with Crippen molar-refractivity contribution in [2.24, 2.45) is 11.0 Å². The van der Waals surface area contributed by atoms with Crippen molar-refractivity contribution < 1.29 is 23.5 Å². The average Bonchev–Trinajstić information content (AvgIpc) is 3.49. The monoisotopic (exact) mass is 467 g/mol. The fraction of sp³-hybridized carbons (Fsp3) is 0.250. The van der Waals surface area contributed by atoms with Crippen molar-refractivity contribution in [1.29, 1.82) is 0 Å². The van der Waals surface area contributed by atoms with Gasteiger partial charge in [-0.15, -0.1) is 11.3 Å². The van der Waals surface area contributed by atoms with Crippen LogP contribution in [0.25, 0.3) is 11.3 Å². The molecule has 1 atom stereocenters. The zero-order valence-corrected chi connectivity index (χ0v) is 19.3. The topological polar surface area (TPSA) is 110 Å². The van der Waals surface area contributed by atoms with Gasteiger partial charge in [0, 0.05) is 10.4 Å². The normalized spacial score (nSPS) is 12.0. The summed E-state index contributed by atoms with van der Waals surface area (Å²) in [6, 6.07) is 13.3. The Balaban J connectivity index is 1.59. The first kappa shape index (κ1) is 23.9. The van der Waals surface area contributed by atoms with Crippen LogP contribution in [-0.2, 0) is 20.7 Å². The lowest BCUT2D eigenvalue weighted by Crippen LogP contribution is -2.49. The Morgan fingerprint density at radius 3 is 2.67 bits per heavy atom. The minimum Gasteiger partial charge on any atom is -0.465 e. The van der Waals surface area contributed by atoms with Gasteiger partial charge in [0.25, 0.3) is 5.91 Å². The molecule has 2 heterocycles. The number of nitrogens with one attached hydrogen (secondary N) is 2. The number of hydrazone groups is 1. The molecule has 8 nitrogen and oxygen atoms in total. The molecule has 2 aromatic heterocycles. The van der Waals surface area contributed by atoms with Crippen LogP contribution in [-0.4, -0.2) is 37.1 Å².